The predicted octanol–water partition coefficient (Wildman–Crippen LogP) is 2.83. The molecule has 2 aromatic rings. The van der Waals surface area contributed by atoms with Gasteiger partial charge in [0.1, 0.15) is 0 Å². The highest BCUT2D eigenvalue weighted by Gasteiger charge is 2.29. The number of hydrogen-bond acceptors (Lipinski definition) is 4. The van der Waals surface area contributed by atoms with Crippen LogP contribution in [0.5, 0.6) is 0 Å². The highest BCUT2D eigenvalue weighted by atomic mass is 35.5. The average Bonchev–Trinajstić information content (AvgIpc) is 3.47. The fraction of sp³-hybridized carbons (Fsp3) is 0.417. The summed E-state index contributed by atoms with van der Waals surface area (Å²) in [5.41, 5.74) is 6.63. The van der Waals surface area contributed by atoms with E-state index in [1.54, 1.807) is 0 Å². The van der Waals surface area contributed by atoms with Crippen LogP contribution in [0, 0.1) is 5.92 Å². The van der Waals surface area contributed by atoms with Crippen molar-refractivity contribution in [3.05, 3.63) is 52.8 Å². The third-order valence-corrected chi connectivity index (χ3v) is 6.51. The van der Waals surface area contributed by atoms with Crippen LogP contribution in [0.3, 0.4) is 0 Å². The summed E-state index contributed by atoms with van der Waals surface area (Å²) >= 11 is 0. The van der Waals surface area contributed by atoms with Crippen LogP contribution in [0.15, 0.2) is 30.5 Å². The number of nitrogens with zero attached hydrogens (tertiary/aromatic N) is 1. The second-order valence-corrected chi connectivity index (χ2v) is 8.62. The van der Waals surface area contributed by atoms with Gasteiger partial charge >= 0.3 is 0 Å². The molecule has 2 fully saturated rings. The van der Waals surface area contributed by atoms with Gasteiger partial charge in [-0.15, -0.1) is 12.4 Å². The number of benzene rings is 1. The van der Waals surface area contributed by atoms with Crippen LogP contribution in [-0.2, 0) is 27.3 Å². The highest BCUT2D eigenvalue weighted by Crippen LogP contribution is 2.38. The van der Waals surface area contributed by atoms with Gasteiger partial charge in [-0.1, -0.05) is 6.07 Å². The van der Waals surface area contributed by atoms with Crippen molar-refractivity contribution in [1.29, 1.82) is 0 Å². The smallest absolute Gasteiger partial charge is 0.256 e. The van der Waals surface area contributed by atoms with Crippen molar-refractivity contribution in [3.8, 4) is 0 Å². The van der Waals surface area contributed by atoms with Crippen LogP contribution in [-0.4, -0.2) is 54.5 Å². The average molecular weight is 457 g/mol. The quantitative estimate of drug-likeness (QED) is 0.604. The number of amides is 2. The first kappa shape index (κ1) is 22.6. The number of fused-ring (bicyclic) bond motifs is 1. The molecule has 1 aromatic heterocycles. The minimum Gasteiger partial charge on any atom is -0.379 e. The van der Waals surface area contributed by atoms with Crippen molar-refractivity contribution in [2.75, 3.05) is 38.2 Å². The van der Waals surface area contributed by atoms with Crippen LogP contribution in [0.1, 0.15) is 35.7 Å². The SMILES string of the molecule is CC(=C1C(=O)Nc2ccc(CC3CCNC3=O)cc21)c1cc(CN2CCOCC2)c[nH]1.Cl. The lowest BCUT2D eigenvalue weighted by molar-refractivity contribution is -0.122. The van der Waals surface area contributed by atoms with E-state index in [1.165, 1.54) is 5.56 Å². The summed E-state index contributed by atoms with van der Waals surface area (Å²) in [6, 6.07) is 8.16. The maximum atomic E-state index is 12.8. The topological polar surface area (TPSA) is 86.5 Å². The van der Waals surface area contributed by atoms with Crippen LogP contribution >= 0.6 is 12.4 Å². The van der Waals surface area contributed by atoms with E-state index in [2.05, 4.69) is 32.7 Å². The molecule has 0 radical (unpaired) electrons. The van der Waals surface area contributed by atoms with Gasteiger partial charge in [0.25, 0.3) is 5.91 Å². The summed E-state index contributed by atoms with van der Waals surface area (Å²) in [5, 5.41) is 5.89. The van der Waals surface area contributed by atoms with Gasteiger partial charge in [-0.25, -0.2) is 0 Å². The van der Waals surface area contributed by atoms with Gasteiger partial charge in [0, 0.05) is 55.2 Å². The molecule has 5 rings (SSSR count). The van der Waals surface area contributed by atoms with Crippen molar-refractivity contribution in [3.63, 3.8) is 0 Å². The van der Waals surface area contributed by atoms with Gasteiger partial charge in [0.15, 0.2) is 0 Å². The molecule has 0 spiro atoms. The number of anilines is 1. The highest BCUT2D eigenvalue weighted by molar-refractivity contribution is 6.36. The Bertz CT molecular complexity index is 1060. The third-order valence-electron chi connectivity index (χ3n) is 6.51. The van der Waals surface area contributed by atoms with E-state index in [1.807, 2.05) is 25.3 Å². The molecular formula is C24H29ClN4O3. The number of morpholine rings is 1. The number of H-pyrrole nitrogens is 1. The first-order valence-corrected chi connectivity index (χ1v) is 11.0. The second-order valence-electron chi connectivity index (χ2n) is 8.62. The standard InChI is InChI=1S/C24H28N4O3.ClH/c1-15(21-12-17(13-26-21)14-28-6-8-31-9-7-28)22-19-11-16(2-3-20(19)27-24(22)30)10-18-4-5-25-23(18)29;/h2-3,11-13,18,26H,4-10,14H2,1H3,(H,25,29)(H,27,30);1H. The van der Waals surface area contributed by atoms with Crippen LogP contribution < -0.4 is 10.6 Å². The summed E-state index contributed by atoms with van der Waals surface area (Å²) in [5.74, 6) is 0.0659. The molecule has 0 aliphatic carbocycles. The van der Waals surface area contributed by atoms with Gasteiger partial charge in [-0.2, -0.15) is 0 Å². The second kappa shape index (κ2) is 9.48. The van der Waals surface area contributed by atoms with E-state index in [-0.39, 0.29) is 30.1 Å². The molecule has 1 aromatic carbocycles. The Morgan fingerprint density at radius 3 is 2.72 bits per heavy atom. The van der Waals surface area contributed by atoms with E-state index in [4.69, 9.17) is 4.74 Å². The molecule has 8 heteroatoms. The molecular weight excluding hydrogens is 428 g/mol. The van der Waals surface area contributed by atoms with Crippen molar-refractivity contribution < 1.29 is 14.3 Å². The van der Waals surface area contributed by atoms with E-state index in [0.29, 0.717) is 12.0 Å². The van der Waals surface area contributed by atoms with Gasteiger partial charge < -0.3 is 20.4 Å². The summed E-state index contributed by atoms with van der Waals surface area (Å²) in [7, 11) is 0. The minimum atomic E-state index is -0.0763. The molecule has 1 atom stereocenters. The summed E-state index contributed by atoms with van der Waals surface area (Å²) in [4.78, 5) is 30.5. The van der Waals surface area contributed by atoms with Crippen LogP contribution in [0.2, 0.25) is 0 Å². The normalized spacial score (nSPS) is 22.2. The zero-order valence-corrected chi connectivity index (χ0v) is 19.0. The van der Waals surface area contributed by atoms with E-state index < -0.39 is 0 Å². The largest absolute Gasteiger partial charge is 0.379 e. The van der Waals surface area contributed by atoms with Gasteiger partial charge in [-0.05, 0) is 54.7 Å². The zero-order chi connectivity index (χ0) is 21.4. The molecule has 2 saturated heterocycles. The molecule has 7 nitrogen and oxygen atoms in total. The zero-order valence-electron chi connectivity index (χ0n) is 18.2. The third kappa shape index (κ3) is 4.46. The lowest BCUT2D eigenvalue weighted by atomic mass is 9.93. The Kier molecular flexibility index (Phi) is 6.69. The summed E-state index contributed by atoms with van der Waals surface area (Å²) in [6.07, 6.45) is 3.59. The van der Waals surface area contributed by atoms with Gasteiger partial charge in [0.2, 0.25) is 5.91 Å². The number of rotatable bonds is 5. The lowest BCUT2D eigenvalue weighted by Gasteiger charge is -2.25. The van der Waals surface area contributed by atoms with Gasteiger partial charge in [-0.3, -0.25) is 14.5 Å². The Hall–Kier alpha value is -2.61. The number of aromatic nitrogens is 1. The van der Waals surface area contributed by atoms with E-state index >= 15 is 0 Å². The lowest BCUT2D eigenvalue weighted by Crippen LogP contribution is -2.35. The number of carbonyl (C=O) groups excluding carboxylic acids is 2. The molecule has 2 amide bonds. The molecule has 0 bridgehead atoms. The fourth-order valence-corrected chi connectivity index (χ4v) is 4.74. The number of halogens is 1. The molecule has 170 valence electrons. The number of hydrogen-bond donors (Lipinski definition) is 3. The number of ether oxygens (including phenoxy) is 1. The Morgan fingerprint density at radius 1 is 1.16 bits per heavy atom. The fourth-order valence-electron chi connectivity index (χ4n) is 4.74. The maximum absolute atomic E-state index is 12.8. The number of aromatic amines is 1. The first-order valence-electron chi connectivity index (χ1n) is 11.0. The molecule has 0 saturated carbocycles. The Morgan fingerprint density at radius 2 is 1.97 bits per heavy atom. The number of nitrogens with one attached hydrogen (secondary N) is 3. The molecule has 32 heavy (non-hydrogen) atoms. The molecule has 3 N–H and O–H groups in total. The predicted molar refractivity (Wildman–Crippen MR) is 127 cm³/mol. The monoisotopic (exact) mass is 456 g/mol. The van der Waals surface area contributed by atoms with Crippen molar-refractivity contribution in [1.82, 2.24) is 15.2 Å². The maximum Gasteiger partial charge on any atom is 0.256 e. The molecule has 1 unspecified atom stereocenters. The van der Waals surface area contributed by atoms with Crippen LogP contribution in [0.4, 0.5) is 5.69 Å². The summed E-state index contributed by atoms with van der Waals surface area (Å²) < 4.78 is 5.43. The van der Waals surface area contributed by atoms with Crippen molar-refractivity contribution >= 4 is 41.1 Å². The van der Waals surface area contributed by atoms with Crippen molar-refractivity contribution in [2.24, 2.45) is 5.92 Å². The Balaban J connectivity index is 0.00000245. The van der Waals surface area contributed by atoms with E-state index in [0.717, 1.165) is 73.9 Å². The van der Waals surface area contributed by atoms with E-state index in [9.17, 15) is 9.59 Å². The molecule has 4 heterocycles. The van der Waals surface area contributed by atoms with Crippen LogP contribution in [0.25, 0.3) is 11.1 Å². The first-order chi connectivity index (χ1) is 15.1. The van der Waals surface area contributed by atoms with Crippen molar-refractivity contribution in [2.45, 2.75) is 26.3 Å². The number of allylic oxidation sites excluding steroid dienone is 1. The minimum absolute atomic E-state index is 0. The molecule has 3 aliphatic heterocycles. The molecule has 3 aliphatic rings. The van der Waals surface area contributed by atoms with Gasteiger partial charge in [0.05, 0.1) is 18.8 Å². The number of carbonyl (C=O) groups is 2. The summed E-state index contributed by atoms with van der Waals surface area (Å²) in [6.45, 7) is 7.06. The Labute approximate surface area is 194 Å².